The van der Waals surface area contributed by atoms with E-state index in [9.17, 15) is 4.79 Å². The van der Waals surface area contributed by atoms with E-state index in [0.717, 1.165) is 38.4 Å². The number of likely N-dealkylation sites (tertiary alicyclic amines) is 1. The van der Waals surface area contributed by atoms with Crippen LogP contribution in [-0.4, -0.2) is 36.2 Å². The smallest absolute Gasteiger partial charge is 0.410 e. The molecule has 1 aliphatic carbocycles. The molecule has 0 aromatic heterocycles. The fraction of sp³-hybridized carbons (Fsp3) is 0.923. The number of hydrogen-bond acceptors (Lipinski definition) is 3. The summed E-state index contributed by atoms with van der Waals surface area (Å²) in [5.74, 6) is 0.736. The van der Waals surface area contributed by atoms with E-state index in [-0.39, 0.29) is 6.09 Å². The summed E-state index contributed by atoms with van der Waals surface area (Å²) >= 11 is 0. The molecule has 2 unspecified atom stereocenters. The maximum absolute atomic E-state index is 12.0. The van der Waals surface area contributed by atoms with Crippen LogP contribution in [0.5, 0.6) is 0 Å². The Morgan fingerprint density at radius 2 is 2.18 bits per heavy atom. The minimum Gasteiger partial charge on any atom is -0.444 e. The Kier molecular flexibility index (Phi) is 3.10. The van der Waals surface area contributed by atoms with Crippen LogP contribution in [-0.2, 0) is 4.74 Å². The third-order valence-electron chi connectivity index (χ3n) is 4.04. The summed E-state index contributed by atoms with van der Waals surface area (Å²) in [4.78, 5) is 13.8. The number of carbonyl (C=O) groups excluding carboxylic acids is 1. The fourth-order valence-electron chi connectivity index (χ4n) is 2.79. The zero-order chi connectivity index (χ0) is 12.7. The lowest BCUT2D eigenvalue weighted by molar-refractivity contribution is 0.0249. The summed E-state index contributed by atoms with van der Waals surface area (Å²) in [6, 6.07) is 0. The summed E-state index contributed by atoms with van der Waals surface area (Å²) in [6.07, 6.45) is 3.20. The maximum atomic E-state index is 12.0. The molecule has 4 heteroatoms. The molecular weight excluding hydrogens is 216 g/mol. The van der Waals surface area contributed by atoms with E-state index in [0.29, 0.717) is 5.41 Å². The largest absolute Gasteiger partial charge is 0.444 e. The van der Waals surface area contributed by atoms with E-state index < -0.39 is 5.60 Å². The molecule has 0 aromatic rings. The lowest BCUT2D eigenvalue weighted by Crippen LogP contribution is -2.38. The van der Waals surface area contributed by atoms with Gasteiger partial charge in [0.25, 0.3) is 0 Å². The van der Waals surface area contributed by atoms with E-state index in [1.54, 1.807) is 0 Å². The zero-order valence-corrected chi connectivity index (χ0v) is 11.2. The number of nitrogens with zero attached hydrogens (tertiary/aromatic N) is 1. The first-order valence-corrected chi connectivity index (χ1v) is 6.54. The van der Waals surface area contributed by atoms with Crippen LogP contribution in [0.4, 0.5) is 4.79 Å². The Balaban J connectivity index is 1.90. The average molecular weight is 240 g/mol. The minimum atomic E-state index is -0.405. The molecule has 1 saturated heterocycles. The highest BCUT2D eigenvalue weighted by Crippen LogP contribution is 2.57. The summed E-state index contributed by atoms with van der Waals surface area (Å²) in [6.45, 7) is 8.09. The molecule has 1 amide bonds. The van der Waals surface area contributed by atoms with Gasteiger partial charge in [-0.2, -0.15) is 0 Å². The van der Waals surface area contributed by atoms with Gasteiger partial charge in [-0.25, -0.2) is 4.79 Å². The van der Waals surface area contributed by atoms with Crippen LogP contribution < -0.4 is 5.73 Å². The van der Waals surface area contributed by atoms with Crippen LogP contribution >= 0.6 is 0 Å². The molecule has 0 radical (unpaired) electrons. The Bertz CT molecular complexity index is 311. The van der Waals surface area contributed by atoms with Gasteiger partial charge in [0.15, 0.2) is 0 Å². The lowest BCUT2D eigenvalue weighted by atomic mass is 9.99. The molecule has 1 saturated carbocycles. The van der Waals surface area contributed by atoms with Crippen LogP contribution in [0.3, 0.4) is 0 Å². The van der Waals surface area contributed by atoms with Crippen molar-refractivity contribution in [2.45, 2.75) is 45.6 Å². The summed E-state index contributed by atoms with van der Waals surface area (Å²) < 4.78 is 5.41. The van der Waals surface area contributed by atoms with E-state index in [4.69, 9.17) is 10.5 Å². The molecule has 1 heterocycles. The van der Waals surface area contributed by atoms with Crippen LogP contribution in [0, 0.1) is 11.3 Å². The second-order valence-electron chi connectivity index (χ2n) is 6.47. The van der Waals surface area contributed by atoms with Gasteiger partial charge in [-0.1, -0.05) is 0 Å². The van der Waals surface area contributed by atoms with Gasteiger partial charge < -0.3 is 15.4 Å². The van der Waals surface area contributed by atoms with Crippen molar-refractivity contribution in [3.63, 3.8) is 0 Å². The standard InChI is InChI=1S/C13H24N2O2/c1-12(2,3)17-11(16)15-6-4-10-8-13(10,9-14)5-7-15/h10H,4-9,14H2,1-3H3. The van der Waals surface area contributed by atoms with Crippen molar-refractivity contribution < 1.29 is 9.53 Å². The van der Waals surface area contributed by atoms with Crippen LogP contribution in [0.2, 0.25) is 0 Å². The van der Waals surface area contributed by atoms with E-state index >= 15 is 0 Å². The Hall–Kier alpha value is -0.770. The molecule has 0 aromatic carbocycles. The van der Waals surface area contributed by atoms with E-state index in [1.165, 1.54) is 6.42 Å². The van der Waals surface area contributed by atoms with Gasteiger partial charge in [0.05, 0.1) is 0 Å². The van der Waals surface area contributed by atoms with E-state index in [1.807, 2.05) is 25.7 Å². The lowest BCUT2D eigenvalue weighted by Gasteiger charge is -2.27. The maximum Gasteiger partial charge on any atom is 0.410 e. The third-order valence-corrected chi connectivity index (χ3v) is 4.04. The SMILES string of the molecule is CC(C)(C)OC(=O)N1CCC2CC2(CN)CC1. The van der Waals surface area contributed by atoms with Crippen LogP contribution in [0.25, 0.3) is 0 Å². The Morgan fingerprint density at radius 3 is 2.76 bits per heavy atom. The number of rotatable bonds is 1. The number of nitrogens with two attached hydrogens (primary N) is 1. The van der Waals surface area contributed by atoms with Crippen molar-refractivity contribution in [3.8, 4) is 0 Å². The number of ether oxygens (including phenoxy) is 1. The zero-order valence-electron chi connectivity index (χ0n) is 11.2. The predicted molar refractivity (Wildman–Crippen MR) is 66.6 cm³/mol. The normalized spacial score (nSPS) is 32.7. The van der Waals surface area contributed by atoms with Gasteiger partial charge in [0.1, 0.15) is 5.60 Å². The molecule has 2 aliphatic rings. The molecule has 2 rings (SSSR count). The van der Waals surface area contributed by atoms with Crippen molar-refractivity contribution in [2.75, 3.05) is 19.6 Å². The Morgan fingerprint density at radius 1 is 1.47 bits per heavy atom. The predicted octanol–water partition coefficient (Wildman–Crippen LogP) is 1.98. The third kappa shape index (κ3) is 2.73. The second-order valence-corrected chi connectivity index (χ2v) is 6.47. The molecular formula is C13H24N2O2. The first-order valence-electron chi connectivity index (χ1n) is 6.54. The number of fused-ring (bicyclic) bond motifs is 1. The minimum absolute atomic E-state index is 0.175. The molecule has 1 aliphatic heterocycles. The number of carbonyl (C=O) groups is 1. The summed E-state index contributed by atoms with van der Waals surface area (Å²) in [7, 11) is 0. The number of amides is 1. The molecule has 2 atom stereocenters. The molecule has 2 N–H and O–H groups in total. The molecule has 0 spiro atoms. The summed E-state index contributed by atoms with van der Waals surface area (Å²) in [5, 5.41) is 0. The quantitative estimate of drug-likeness (QED) is 0.762. The number of hydrogen-bond donors (Lipinski definition) is 1. The van der Waals surface area contributed by atoms with Gasteiger partial charge >= 0.3 is 6.09 Å². The van der Waals surface area contributed by atoms with Crippen molar-refractivity contribution in [1.82, 2.24) is 4.90 Å². The van der Waals surface area contributed by atoms with Gasteiger partial charge in [-0.3, -0.25) is 0 Å². The first-order chi connectivity index (χ1) is 7.86. The van der Waals surface area contributed by atoms with Gasteiger partial charge in [0, 0.05) is 13.1 Å². The topological polar surface area (TPSA) is 55.6 Å². The van der Waals surface area contributed by atoms with Crippen molar-refractivity contribution >= 4 is 6.09 Å². The average Bonchev–Trinajstić information content (AvgIpc) is 2.88. The summed E-state index contributed by atoms with van der Waals surface area (Å²) in [5.41, 5.74) is 5.78. The highest BCUT2D eigenvalue weighted by molar-refractivity contribution is 5.68. The van der Waals surface area contributed by atoms with Crippen molar-refractivity contribution in [3.05, 3.63) is 0 Å². The monoisotopic (exact) mass is 240 g/mol. The van der Waals surface area contributed by atoms with Gasteiger partial charge in [-0.05, 0) is 57.9 Å². The van der Waals surface area contributed by atoms with Crippen LogP contribution in [0.1, 0.15) is 40.0 Å². The molecule has 17 heavy (non-hydrogen) atoms. The van der Waals surface area contributed by atoms with Crippen LogP contribution in [0.15, 0.2) is 0 Å². The fourth-order valence-corrected chi connectivity index (χ4v) is 2.79. The van der Waals surface area contributed by atoms with Gasteiger partial charge in [0.2, 0.25) is 0 Å². The highest BCUT2D eigenvalue weighted by atomic mass is 16.6. The molecule has 98 valence electrons. The van der Waals surface area contributed by atoms with Crippen molar-refractivity contribution in [2.24, 2.45) is 17.1 Å². The Labute approximate surface area is 103 Å². The molecule has 2 fully saturated rings. The van der Waals surface area contributed by atoms with Crippen molar-refractivity contribution in [1.29, 1.82) is 0 Å². The highest BCUT2D eigenvalue weighted by Gasteiger charge is 2.53. The van der Waals surface area contributed by atoms with Gasteiger partial charge in [-0.15, -0.1) is 0 Å². The molecule has 4 nitrogen and oxygen atoms in total. The second kappa shape index (κ2) is 4.16. The first kappa shape index (κ1) is 12.7. The molecule has 0 bridgehead atoms. The van der Waals surface area contributed by atoms with E-state index in [2.05, 4.69) is 0 Å².